The number of piperidine rings is 1. The maximum Gasteiger partial charge on any atom is 0.251 e. The van der Waals surface area contributed by atoms with Gasteiger partial charge in [0, 0.05) is 29.6 Å². The van der Waals surface area contributed by atoms with Crippen molar-refractivity contribution in [3.8, 4) is 11.3 Å². The quantitative estimate of drug-likeness (QED) is 0.354. The molecule has 9 nitrogen and oxygen atoms in total. The highest BCUT2D eigenvalue weighted by Crippen LogP contribution is 2.24. The van der Waals surface area contributed by atoms with Crippen LogP contribution in [0.4, 0.5) is 11.6 Å². The van der Waals surface area contributed by atoms with Gasteiger partial charge in [-0.15, -0.1) is 5.10 Å². The van der Waals surface area contributed by atoms with Crippen LogP contribution in [0.1, 0.15) is 23.2 Å². The van der Waals surface area contributed by atoms with E-state index in [4.69, 9.17) is 0 Å². The Morgan fingerprint density at radius 2 is 1.81 bits per heavy atom. The zero-order valence-electron chi connectivity index (χ0n) is 19.9. The van der Waals surface area contributed by atoms with Gasteiger partial charge in [0.1, 0.15) is 0 Å². The van der Waals surface area contributed by atoms with E-state index in [-0.39, 0.29) is 10.8 Å². The lowest BCUT2D eigenvalue weighted by Gasteiger charge is -2.22. The molecule has 0 aliphatic carbocycles. The third-order valence-corrected chi connectivity index (χ3v) is 7.44. The lowest BCUT2D eigenvalue weighted by molar-refractivity contribution is 0.0944. The van der Waals surface area contributed by atoms with Gasteiger partial charge in [-0.2, -0.15) is 4.98 Å². The van der Waals surface area contributed by atoms with Crippen LogP contribution in [0.2, 0.25) is 0 Å². The van der Waals surface area contributed by atoms with Crippen molar-refractivity contribution in [2.24, 2.45) is 5.92 Å². The minimum Gasteiger partial charge on any atom is -0.352 e. The van der Waals surface area contributed by atoms with E-state index in [1.54, 1.807) is 34.8 Å². The van der Waals surface area contributed by atoms with Crippen molar-refractivity contribution in [1.29, 1.82) is 0 Å². The average molecular weight is 505 g/mol. The summed E-state index contributed by atoms with van der Waals surface area (Å²) in [5.74, 6) is 0.840. The number of carbonyl (C=O) groups is 1. The van der Waals surface area contributed by atoms with Crippen molar-refractivity contribution in [1.82, 2.24) is 25.2 Å². The largest absolute Gasteiger partial charge is 0.352 e. The van der Waals surface area contributed by atoms with Crippen LogP contribution in [-0.2, 0) is 9.84 Å². The van der Waals surface area contributed by atoms with Crippen LogP contribution in [0.5, 0.6) is 0 Å². The Balaban J connectivity index is 1.30. The SMILES string of the molecule is CS(=O)(=O)c1cccc(-c2cccc3nc(Nc4ccc(C(=O)NCC5CCNCC5)cc4)nn23)c1. The highest BCUT2D eigenvalue weighted by Gasteiger charge is 2.15. The first-order valence-corrected chi connectivity index (χ1v) is 13.8. The van der Waals surface area contributed by atoms with Crippen LogP contribution in [0.15, 0.2) is 71.6 Å². The van der Waals surface area contributed by atoms with Crippen LogP contribution < -0.4 is 16.0 Å². The van der Waals surface area contributed by atoms with Crippen molar-refractivity contribution in [2.75, 3.05) is 31.2 Å². The van der Waals surface area contributed by atoms with E-state index in [1.165, 1.54) is 6.26 Å². The maximum absolute atomic E-state index is 12.5. The van der Waals surface area contributed by atoms with Gasteiger partial charge in [-0.05, 0) is 80.4 Å². The number of aromatic nitrogens is 3. The van der Waals surface area contributed by atoms with Crippen molar-refractivity contribution in [3.05, 3.63) is 72.3 Å². The summed E-state index contributed by atoms with van der Waals surface area (Å²) in [6.45, 7) is 2.71. The molecule has 1 aliphatic rings. The van der Waals surface area contributed by atoms with E-state index < -0.39 is 9.84 Å². The Morgan fingerprint density at radius 1 is 1.06 bits per heavy atom. The first-order valence-electron chi connectivity index (χ1n) is 11.9. The highest BCUT2D eigenvalue weighted by molar-refractivity contribution is 7.90. The molecule has 3 N–H and O–H groups in total. The fraction of sp³-hybridized carbons (Fsp3) is 0.269. The Bertz CT molecular complexity index is 1490. The van der Waals surface area contributed by atoms with Gasteiger partial charge < -0.3 is 16.0 Å². The van der Waals surface area contributed by atoms with Gasteiger partial charge >= 0.3 is 0 Å². The van der Waals surface area contributed by atoms with Gasteiger partial charge in [0.05, 0.1) is 10.6 Å². The maximum atomic E-state index is 12.5. The summed E-state index contributed by atoms with van der Waals surface area (Å²) in [5.41, 5.74) is 3.42. The summed E-state index contributed by atoms with van der Waals surface area (Å²) < 4.78 is 25.7. The third-order valence-electron chi connectivity index (χ3n) is 6.33. The molecule has 1 fully saturated rings. The molecule has 4 aromatic rings. The number of rotatable bonds is 7. The molecule has 1 amide bonds. The number of hydrogen-bond donors (Lipinski definition) is 3. The summed E-state index contributed by atoms with van der Waals surface area (Å²) in [7, 11) is -3.33. The fourth-order valence-corrected chi connectivity index (χ4v) is 4.99. The number of amides is 1. The summed E-state index contributed by atoms with van der Waals surface area (Å²) in [4.78, 5) is 17.3. The number of sulfone groups is 1. The molecule has 0 spiro atoms. The molecular formula is C26H28N6O3S. The van der Waals surface area contributed by atoms with Crippen LogP contribution in [-0.4, -0.2) is 54.8 Å². The molecule has 2 aromatic heterocycles. The van der Waals surface area contributed by atoms with E-state index in [0.29, 0.717) is 29.6 Å². The molecule has 2 aromatic carbocycles. The molecular weight excluding hydrogens is 476 g/mol. The monoisotopic (exact) mass is 504 g/mol. The van der Waals surface area contributed by atoms with Crippen LogP contribution in [0.3, 0.4) is 0 Å². The zero-order valence-corrected chi connectivity index (χ0v) is 20.8. The van der Waals surface area contributed by atoms with Crippen molar-refractivity contribution in [3.63, 3.8) is 0 Å². The molecule has 0 unspecified atom stereocenters. The third kappa shape index (κ3) is 5.39. The van der Waals surface area contributed by atoms with Gasteiger partial charge in [0.25, 0.3) is 5.91 Å². The van der Waals surface area contributed by atoms with Crippen LogP contribution >= 0.6 is 0 Å². The molecule has 10 heteroatoms. The first kappa shape index (κ1) is 24.0. The molecule has 0 bridgehead atoms. The van der Waals surface area contributed by atoms with E-state index in [9.17, 15) is 13.2 Å². The predicted octanol–water partition coefficient (Wildman–Crippen LogP) is 3.27. The number of nitrogens with zero attached hydrogens (tertiary/aromatic N) is 3. The summed E-state index contributed by atoms with van der Waals surface area (Å²) in [5, 5.41) is 14.1. The van der Waals surface area contributed by atoms with Gasteiger partial charge in [0.15, 0.2) is 15.5 Å². The van der Waals surface area contributed by atoms with Gasteiger partial charge in [-0.25, -0.2) is 12.9 Å². The Labute approximate surface area is 209 Å². The molecule has 3 heterocycles. The van der Waals surface area contributed by atoms with Gasteiger partial charge in [-0.3, -0.25) is 4.79 Å². The molecule has 0 atom stereocenters. The Kier molecular flexibility index (Phi) is 6.71. The number of hydrogen-bond acceptors (Lipinski definition) is 7. The van der Waals surface area contributed by atoms with E-state index in [2.05, 4.69) is 26.0 Å². The smallest absolute Gasteiger partial charge is 0.251 e. The van der Waals surface area contributed by atoms with E-state index >= 15 is 0 Å². The van der Waals surface area contributed by atoms with Crippen LogP contribution in [0.25, 0.3) is 16.9 Å². The standard InChI is InChI=1S/C26H28N6O3S/c1-36(34,35)22-5-2-4-20(16-22)23-6-3-7-24-30-26(31-32(23)24)29-21-10-8-19(9-11-21)25(33)28-17-18-12-14-27-15-13-18/h2-11,16,18,27H,12-15,17H2,1H3,(H,28,33)(H,29,31). The van der Waals surface area contributed by atoms with Crippen molar-refractivity contribution in [2.45, 2.75) is 17.7 Å². The number of nitrogens with one attached hydrogen (secondary N) is 3. The normalized spacial score (nSPS) is 14.6. The molecule has 5 rings (SSSR count). The number of benzene rings is 2. The van der Waals surface area contributed by atoms with Crippen molar-refractivity contribution >= 4 is 33.0 Å². The lowest BCUT2D eigenvalue weighted by atomic mass is 9.98. The molecule has 0 saturated carbocycles. The lowest BCUT2D eigenvalue weighted by Crippen LogP contribution is -2.35. The number of pyridine rings is 1. The second kappa shape index (κ2) is 10.1. The molecule has 1 aliphatic heterocycles. The molecule has 36 heavy (non-hydrogen) atoms. The number of carbonyl (C=O) groups excluding carboxylic acids is 1. The molecule has 0 radical (unpaired) electrons. The van der Waals surface area contributed by atoms with E-state index in [0.717, 1.165) is 42.9 Å². The minimum absolute atomic E-state index is 0.0769. The topological polar surface area (TPSA) is 117 Å². The fourth-order valence-electron chi connectivity index (χ4n) is 4.32. The highest BCUT2D eigenvalue weighted by atomic mass is 32.2. The second-order valence-electron chi connectivity index (χ2n) is 9.02. The zero-order chi connectivity index (χ0) is 25.1. The number of anilines is 2. The van der Waals surface area contributed by atoms with E-state index in [1.807, 2.05) is 36.4 Å². The minimum atomic E-state index is -3.33. The van der Waals surface area contributed by atoms with Gasteiger partial charge in [-0.1, -0.05) is 18.2 Å². The predicted molar refractivity (Wildman–Crippen MR) is 139 cm³/mol. The number of fused-ring (bicyclic) bond motifs is 1. The summed E-state index contributed by atoms with van der Waals surface area (Å²) in [6, 6.07) is 19.5. The Hall–Kier alpha value is -3.76. The first-order chi connectivity index (χ1) is 17.4. The summed E-state index contributed by atoms with van der Waals surface area (Å²) >= 11 is 0. The molecule has 1 saturated heterocycles. The second-order valence-corrected chi connectivity index (χ2v) is 11.0. The van der Waals surface area contributed by atoms with Crippen molar-refractivity contribution < 1.29 is 13.2 Å². The van der Waals surface area contributed by atoms with Crippen LogP contribution in [0, 0.1) is 5.92 Å². The average Bonchev–Trinajstić information content (AvgIpc) is 3.30. The summed E-state index contributed by atoms with van der Waals surface area (Å²) in [6.07, 6.45) is 3.35. The Morgan fingerprint density at radius 3 is 2.56 bits per heavy atom. The van der Waals surface area contributed by atoms with Gasteiger partial charge in [0.2, 0.25) is 5.95 Å². The molecule has 186 valence electrons.